The van der Waals surface area contributed by atoms with Gasteiger partial charge in [-0.1, -0.05) is 62.7 Å². The van der Waals surface area contributed by atoms with Crippen LogP contribution in [0.3, 0.4) is 0 Å². The average molecular weight is 328 g/mol. The number of nitrogens with one attached hydrogen (secondary N) is 1. The van der Waals surface area contributed by atoms with E-state index in [1.54, 1.807) is 0 Å². The Hall–Kier alpha value is -0.240. The van der Waals surface area contributed by atoms with Crippen molar-refractivity contribution in [2.75, 3.05) is 13.1 Å². The van der Waals surface area contributed by atoms with Gasteiger partial charge in [0.2, 0.25) is 0 Å². The summed E-state index contributed by atoms with van der Waals surface area (Å²) in [6, 6.07) is 5.83. The zero-order valence-corrected chi connectivity index (χ0v) is 14.7. The van der Waals surface area contributed by atoms with E-state index in [-0.39, 0.29) is 0 Å². The van der Waals surface area contributed by atoms with E-state index in [0.717, 1.165) is 35.5 Å². The molecule has 1 aromatic rings. The maximum absolute atomic E-state index is 6.35. The molecule has 0 radical (unpaired) electrons. The van der Waals surface area contributed by atoms with E-state index in [1.165, 1.54) is 31.2 Å². The van der Waals surface area contributed by atoms with Crippen LogP contribution in [0, 0.1) is 17.8 Å². The predicted molar refractivity (Wildman–Crippen MR) is 93.3 cm³/mol. The van der Waals surface area contributed by atoms with Gasteiger partial charge in [0.15, 0.2) is 0 Å². The van der Waals surface area contributed by atoms with E-state index in [4.69, 9.17) is 23.2 Å². The van der Waals surface area contributed by atoms with Gasteiger partial charge in [-0.3, -0.25) is 0 Å². The minimum Gasteiger partial charge on any atom is -0.316 e. The first kappa shape index (κ1) is 17.1. The molecular weight excluding hydrogens is 301 g/mol. The van der Waals surface area contributed by atoms with Gasteiger partial charge >= 0.3 is 0 Å². The van der Waals surface area contributed by atoms with E-state index in [9.17, 15) is 0 Å². The summed E-state index contributed by atoms with van der Waals surface area (Å²) in [4.78, 5) is 0. The third kappa shape index (κ3) is 5.47. The molecule has 3 heteroatoms. The van der Waals surface area contributed by atoms with Gasteiger partial charge in [-0.25, -0.2) is 0 Å². The van der Waals surface area contributed by atoms with Gasteiger partial charge in [0.25, 0.3) is 0 Å². The summed E-state index contributed by atoms with van der Waals surface area (Å²) < 4.78 is 0. The van der Waals surface area contributed by atoms with Crippen molar-refractivity contribution in [1.29, 1.82) is 0 Å². The molecule has 2 rings (SSSR count). The molecule has 0 amide bonds. The molecule has 1 unspecified atom stereocenters. The maximum atomic E-state index is 6.35. The second-order valence-electron chi connectivity index (χ2n) is 6.80. The highest BCUT2D eigenvalue weighted by Crippen LogP contribution is 2.34. The average Bonchev–Trinajstić information content (AvgIpc) is 2.95. The second kappa shape index (κ2) is 8.41. The van der Waals surface area contributed by atoms with Crippen LogP contribution < -0.4 is 5.32 Å². The third-order valence-electron chi connectivity index (χ3n) is 4.52. The Morgan fingerprint density at radius 2 is 1.86 bits per heavy atom. The molecule has 1 aliphatic carbocycles. The summed E-state index contributed by atoms with van der Waals surface area (Å²) in [5, 5.41) is 5.28. The zero-order chi connectivity index (χ0) is 15.2. The van der Waals surface area contributed by atoms with Crippen LogP contribution in [0.15, 0.2) is 18.2 Å². The highest BCUT2D eigenvalue weighted by molar-refractivity contribution is 6.33. The van der Waals surface area contributed by atoms with Crippen molar-refractivity contribution in [2.45, 2.75) is 46.0 Å². The first-order valence-corrected chi connectivity index (χ1v) is 8.96. The van der Waals surface area contributed by atoms with Crippen LogP contribution in [-0.2, 0) is 6.42 Å². The molecule has 118 valence electrons. The summed E-state index contributed by atoms with van der Waals surface area (Å²) in [5.74, 6) is 2.20. The monoisotopic (exact) mass is 327 g/mol. The van der Waals surface area contributed by atoms with Gasteiger partial charge in [0.05, 0.1) is 0 Å². The van der Waals surface area contributed by atoms with E-state index < -0.39 is 0 Å². The minimum atomic E-state index is 0.669. The highest BCUT2D eigenvalue weighted by atomic mass is 35.5. The van der Waals surface area contributed by atoms with E-state index >= 15 is 0 Å². The summed E-state index contributed by atoms with van der Waals surface area (Å²) in [6.07, 6.45) is 6.54. The molecule has 0 aliphatic heterocycles. The molecule has 0 heterocycles. The SMILES string of the molecule is CC(C)CNCC(Cc1cc(Cl)ccc1Cl)C1CCCC1. The molecule has 1 fully saturated rings. The van der Waals surface area contributed by atoms with E-state index in [0.29, 0.717) is 11.8 Å². The first-order chi connectivity index (χ1) is 10.1. The predicted octanol–water partition coefficient (Wildman–Crippen LogP) is 5.59. The van der Waals surface area contributed by atoms with Crippen LogP contribution >= 0.6 is 23.2 Å². The lowest BCUT2D eigenvalue weighted by Gasteiger charge is -2.25. The van der Waals surface area contributed by atoms with Crippen molar-refractivity contribution in [3.8, 4) is 0 Å². The Morgan fingerprint density at radius 1 is 1.14 bits per heavy atom. The normalized spacial score (nSPS) is 17.6. The second-order valence-corrected chi connectivity index (χ2v) is 7.64. The van der Waals surface area contributed by atoms with Crippen molar-refractivity contribution >= 4 is 23.2 Å². The van der Waals surface area contributed by atoms with E-state index in [2.05, 4.69) is 19.2 Å². The van der Waals surface area contributed by atoms with Crippen molar-refractivity contribution in [3.05, 3.63) is 33.8 Å². The Morgan fingerprint density at radius 3 is 2.52 bits per heavy atom. The number of halogens is 2. The van der Waals surface area contributed by atoms with Crippen LogP contribution in [0.5, 0.6) is 0 Å². The third-order valence-corrected chi connectivity index (χ3v) is 5.12. The lowest BCUT2D eigenvalue weighted by molar-refractivity contribution is 0.316. The fraction of sp³-hybridized carbons (Fsp3) is 0.667. The standard InChI is InChI=1S/C18H27Cl2N/c1-13(2)11-21-12-16(14-5-3-4-6-14)9-15-10-17(19)7-8-18(15)20/h7-8,10,13-14,16,21H,3-6,9,11-12H2,1-2H3. The number of hydrogen-bond donors (Lipinski definition) is 1. The number of rotatable bonds is 7. The molecule has 1 aliphatic rings. The fourth-order valence-electron chi connectivity index (χ4n) is 3.37. The van der Waals surface area contributed by atoms with Crippen molar-refractivity contribution in [2.24, 2.45) is 17.8 Å². The molecular formula is C18H27Cl2N. The smallest absolute Gasteiger partial charge is 0.0439 e. The Balaban J connectivity index is 2.01. The van der Waals surface area contributed by atoms with Gasteiger partial charge in [0.1, 0.15) is 0 Å². The quantitative estimate of drug-likeness (QED) is 0.688. The topological polar surface area (TPSA) is 12.0 Å². The lowest BCUT2D eigenvalue weighted by Crippen LogP contribution is -2.31. The van der Waals surface area contributed by atoms with Gasteiger partial charge in [-0.2, -0.15) is 0 Å². The van der Waals surface area contributed by atoms with Crippen LogP contribution in [0.1, 0.15) is 45.1 Å². The zero-order valence-electron chi connectivity index (χ0n) is 13.2. The molecule has 0 saturated heterocycles. The van der Waals surface area contributed by atoms with Crippen LogP contribution in [0.25, 0.3) is 0 Å². The molecule has 0 bridgehead atoms. The molecule has 0 aromatic heterocycles. The van der Waals surface area contributed by atoms with Crippen LogP contribution in [0.4, 0.5) is 0 Å². The highest BCUT2D eigenvalue weighted by Gasteiger charge is 2.25. The molecule has 1 atom stereocenters. The van der Waals surface area contributed by atoms with Crippen LogP contribution in [-0.4, -0.2) is 13.1 Å². The fourth-order valence-corrected chi connectivity index (χ4v) is 3.76. The van der Waals surface area contributed by atoms with E-state index in [1.807, 2.05) is 18.2 Å². The number of hydrogen-bond acceptors (Lipinski definition) is 1. The first-order valence-electron chi connectivity index (χ1n) is 8.21. The van der Waals surface area contributed by atoms with Crippen LogP contribution in [0.2, 0.25) is 10.0 Å². The molecule has 0 spiro atoms. The number of benzene rings is 1. The molecule has 1 saturated carbocycles. The van der Waals surface area contributed by atoms with Crippen molar-refractivity contribution in [3.63, 3.8) is 0 Å². The minimum absolute atomic E-state index is 0.669. The Labute approximate surface area is 139 Å². The summed E-state index contributed by atoms with van der Waals surface area (Å²) in [7, 11) is 0. The Kier molecular flexibility index (Phi) is 6.85. The molecule has 1 nitrogen and oxygen atoms in total. The summed E-state index contributed by atoms with van der Waals surface area (Å²) in [6.45, 7) is 6.69. The Bertz CT molecular complexity index is 439. The van der Waals surface area contributed by atoms with Crippen molar-refractivity contribution in [1.82, 2.24) is 5.32 Å². The summed E-state index contributed by atoms with van der Waals surface area (Å²) >= 11 is 12.5. The molecule has 1 N–H and O–H groups in total. The summed E-state index contributed by atoms with van der Waals surface area (Å²) in [5.41, 5.74) is 1.20. The van der Waals surface area contributed by atoms with Gasteiger partial charge in [-0.15, -0.1) is 0 Å². The van der Waals surface area contributed by atoms with Gasteiger partial charge < -0.3 is 5.32 Å². The lowest BCUT2D eigenvalue weighted by atomic mass is 9.85. The van der Waals surface area contributed by atoms with Gasteiger partial charge in [0, 0.05) is 10.0 Å². The molecule has 1 aromatic carbocycles. The van der Waals surface area contributed by atoms with Crippen molar-refractivity contribution < 1.29 is 0 Å². The van der Waals surface area contributed by atoms with Gasteiger partial charge in [-0.05, 0) is 61.0 Å². The maximum Gasteiger partial charge on any atom is 0.0439 e. The largest absolute Gasteiger partial charge is 0.316 e. The molecule has 21 heavy (non-hydrogen) atoms.